The Bertz CT molecular complexity index is 2010. The first-order valence-corrected chi connectivity index (χ1v) is 17.5. The lowest BCUT2D eigenvalue weighted by atomic mass is 9.76. The summed E-state index contributed by atoms with van der Waals surface area (Å²) >= 11 is 0. The summed E-state index contributed by atoms with van der Waals surface area (Å²) in [5.74, 6) is 5.22. The zero-order valence-electron chi connectivity index (χ0n) is 31.5. The summed E-state index contributed by atoms with van der Waals surface area (Å²) in [6.45, 7) is 1.73. The van der Waals surface area contributed by atoms with Gasteiger partial charge in [-0.25, -0.2) is 0 Å². The maximum atomic E-state index is 10.8. The van der Waals surface area contributed by atoms with Gasteiger partial charge >= 0.3 is 0 Å². The van der Waals surface area contributed by atoms with Crippen molar-refractivity contribution in [1.29, 1.82) is 0 Å². The summed E-state index contributed by atoms with van der Waals surface area (Å²) in [5, 5.41) is 10.8. The third-order valence-electron chi connectivity index (χ3n) is 11.0. The minimum atomic E-state index is -0.0431. The highest BCUT2D eigenvalue weighted by molar-refractivity contribution is 5.87. The number of hydrogen-bond acceptors (Lipinski definition) is 11. The molecule has 0 aromatic heterocycles. The zero-order valence-corrected chi connectivity index (χ0v) is 31.5. The Morgan fingerprint density at radius 1 is 0.635 bits per heavy atom. The molecule has 2 heterocycles. The summed E-state index contributed by atoms with van der Waals surface area (Å²) in [6, 6.07) is 11.9. The first kappa shape index (κ1) is 35.4. The number of methoxy groups -OCH3 is 7. The van der Waals surface area contributed by atoms with Gasteiger partial charge in [-0.3, -0.25) is 9.80 Å². The summed E-state index contributed by atoms with van der Waals surface area (Å²) < 4.78 is 48.1. The molecule has 11 nitrogen and oxygen atoms in total. The normalized spacial score (nSPS) is 17.7. The van der Waals surface area contributed by atoms with Crippen molar-refractivity contribution in [3.8, 4) is 68.6 Å². The van der Waals surface area contributed by atoms with Crippen molar-refractivity contribution in [2.75, 3.05) is 77.0 Å². The summed E-state index contributed by atoms with van der Waals surface area (Å²) in [5.41, 5.74) is 8.53. The van der Waals surface area contributed by atoms with Crippen molar-refractivity contribution in [3.05, 3.63) is 69.8 Å². The molecule has 1 aliphatic carbocycles. The van der Waals surface area contributed by atoms with Gasteiger partial charge in [0.25, 0.3) is 0 Å². The maximum absolute atomic E-state index is 10.8. The van der Waals surface area contributed by atoms with E-state index in [0.717, 1.165) is 77.0 Å². The first-order chi connectivity index (χ1) is 25.2. The van der Waals surface area contributed by atoms with Gasteiger partial charge in [-0.15, -0.1) is 0 Å². The van der Waals surface area contributed by atoms with E-state index in [2.05, 4.69) is 30.0 Å². The Balaban J connectivity index is 1.36. The third-order valence-corrected chi connectivity index (χ3v) is 11.0. The number of nitrogens with zero attached hydrogens (tertiary/aromatic N) is 2. The number of ether oxygens (including phenoxy) is 8. The van der Waals surface area contributed by atoms with Crippen LogP contribution in [0.25, 0.3) is 11.1 Å². The lowest BCUT2D eigenvalue weighted by Gasteiger charge is -2.41. The van der Waals surface area contributed by atoms with E-state index in [9.17, 15) is 5.11 Å². The second-order valence-corrected chi connectivity index (χ2v) is 13.5. The van der Waals surface area contributed by atoms with E-state index in [1.807, 2.05) is 30.3 Å². The summed E-state index contributed by atoms with van der Waals surface area (Å²) in [6.07, 6.45) is 3.02. The molecule has 0 bridgehead atoms. The SMILES string of the molecule is COc1cc2c(cc1O)[C@H](Cc1ccc(OC)c(OC)c1Oc1cc3c(cc1OC)-c1c(OC)c(OC)c(OC)c4c1[C@H](C3)N(C)CC4)N(C)CC2. The Hall–Kier alpha value is -5.00. The fourth-order valence-electron chi connectivity index (χ4n) is 8.41. The number of fused-ring (bicyclic) bond motifs is 3. The van der Waals surface area contributed by atoms with E-state index >= 15 is 0 Å². The Morgan fingerprint density at radius 2 is 1.31 bits per heavy atom. The Labute approximate surface area is 305 Å². The van der Waals surface area contributed by atoms with E-state index in [0.29, 0.717) is 52.4 Å². The topological polar surface area (TPSA) is 101 Å². The Kier molecular flexibility index (Phi) is 9.67. The molecule has 0 saturated heterocycles. The highest BCUT2D eigenvalue weighted by Crippen LogP contribution is 2.58. The van der Waals surface area contributed by atoms with E-state index in [-0.39, 0.29) is 17.8 Å². The monoisotopic (exact) mass is 712 g/mol. The lowest BCUT2D eigenvalue weighted by Crippen LogP contribution is -2.36. The van der Waals surface area contributed by atoms with Gasteiger partial charge < -0.3 is 43.0 Å². The highest BCUT2D eigenvalue weighted by atomic mass is 16.5. The van der Waals surface area contributed by atoms with Crippen LogP contribution >= 0.6 is 0 Å². The second kappa shape index (κ2) is 14.2. The molecule has 276 valence electrons. The average Bonchev–Trinajstić information content (AvgIpc) is 3.16. The van der Waals surface area contributed by atoms with Crippen molar-refractivity contribution in [1.82, 2.24) is 9.80 Å². The first-order valence-electron chi connectivity index (χ1n) is 17.5. The van der Waals surface area contributed by atoms with Crippen LogP contribution in [0.2, 0.25) is 0 Å². The molecule has 7 rings (SSSR count). The quantitative estimate of drug-likeness (QED) is 0.178. The molecule has 4 aromatic carbocycles. The van der Waals surface area contributed by atoms with Gasteiger partial charge in [0.15, 0.2) is 46.0 Å². The van der Waals surface area contributed by atoms with Crippen molar-refractivity contribution in [3.63, 3.8) is 0 Å². The number of phenolic OH excluding ortho intramolecular Hbond substituents is 1. The van der Waals surface area contributed by atoms with Crippen molar-refractivity contribution in [2.45, 2.75) is 37.8 Å². The Morgan fingerprint density at radius 3 is 1.98 bits per heavy atom. The highest BCUT2D eigenvalue weighted by Gasteiger charge is 2.40. The smallest absolute Gasteiger partial charge is 0.204 e. The molecule has 2 aliphatic heterocycles. The van der Waals surface area contributed by atoms with Gasteiger partial charge in [0.2, 0.25) is 11.5 Å². The zero-order chi connectivity index (χ0) is 36.8. The molecule has 0 unspecified atom stereocenters. The van der Waals surface area contributed by atoms with Crippen molar-refractivity contribution >= 4 is 0 Å². The number of phenols is 1. The number of likely N-dealkylation sites (N-methyl/N-ethyl adjacent to an activating group) is 2. The van der Waals surface area contributed by atoms with E-state index in [1.54, 1.807) is 49.8 Å². The van der Waals surface area contributed by atoms with Gasteiger partial charge in [-0.05, 0) is 97.9 Å². The minimum absolute atomic E-state index is 0.0431. The standard InChI is InChI=1S/C41H48N2O9/c1-42-14-12-22-18-32(46-4)30(44)20-26(22)28(42)16-23-10-11-31(45-3)39(49-7)37(23)52-34-19-24-17-29-35-25(13-15-43(29)2)38(48-6)41(51-9)40(50-8)36(35)27(24)21-33(34)47-5/h10-11,18-21,28-29,44H,12-17H2,1-9H3/t28-,29-/m0/s1. The van der Waals surface area contributed by atoms with Crippen LogP contribution in [-0.4, -0.2) is 91.9 Å². The molecule has 0 fully saturated rings. The van der Waals surface area contributed by atoms with Crippen LogP contribution in [0.3, 0.4) is 0 Å². The second-order valence-electron chi connectivity index (χ2n) is 13.5. The molecule has 1 N–H and O–H groups in total. The van der Waals surface area contributed by atoms with E-state index in [4.69, 9.17) is 37.9 Å². The third kappa shape index (κ3) is 5.67. The predicted octanol–water partition coefficient (Wildman–Crippen LogP) is 6.77. The van der Waals surface area contributed by atoms with Crippen LogP contribution in [0.1, 0.15) is 45.5 Å². The molecule has 0 spiro atoms. The van der Waals surface area contributed by atoms with Crippen LogP contribution in [0, 0.1) is 0 Å². The molecule has 0 radical (unpaired) electrons. The largest absolute Gasteiger partial charge is 0.504 e. The van der Waals surface area contributed by atoms with E-state index in [1.165, 1.54) is 5.56 Å². The van der Waals surface area contributed by atoms with Crippen LogP contribution in [0.5, 0.6) is 57.5 Å². The predicted molar refractivity (Wildman–Crippen MR) is 198 cm³/mol. The van der Waals surface area contributed by atoms with Crippen LogP contribution in [-0.2, 0) is 25.7 Å². The van der Waals surface area contributed by atoms with Gasteiger partial charge in [0.05, 0.1) is 49.8 Å². The van der Waals surface area contributed by atoms with E-state index < -0.39 is 0 Å². The lowest BCUT2D eigenvalue weighted by molar-refractivity contribution is 0.222. The molecule has 2 atom stereocenters. The van der Waals surface area contributed by atoms with Gasteiger partial charge in [0.1, 0.15) is 0 Å². The van der Waals surface area contributed by atoms with Crippen LogP contribution < -0.4 is 37.9 Å². The maximum Gasteiger partial charge on any atom is 0.204 e. The molecule has 0 saturated carbocycles. The minimum Gasteiger partial charge on any atom is -0.504 e. The van der Waals surface area contributed by atoms with Crippen molar-refractivity contribution in [2.24, 2.45) is 0 Å². The number of aromatic hydroxyl groups is 1. The summed E-state index contributed by atoms with van der Waals surface area (Å²) in [4.78, 5) is 4.69. The van der Waals surface area contributed by atoms with Crippen molar-refractivity contribution < 1.29 is 43.0 Å². The fourth-order valence-corrected chi connectivity index (χ4v) is 8.41. The van der Waals surface area contributed by atoms with Crippen LogP contribution in [0.15, 0.2) is 36.4 Å². The van der Waals surface area contributed by atoms with Gasteiger partial charge in [0, 0.05) is 41.9 Å². The average molecular weight is 713 g/mol. The van der Waals surface area contributed by atoms with Gasteiger partial charge in [-0.2, -0.15) is 0 Å². The number of hydrogen-bond donors (Lipinski definition) is 1. The fraction of sp³-hybridized carbons (Fsp3) is 0.415. The molecule has 4 aromatic rings. The molecule has 3 aliphatic rings. The van der Waals surface area contributed by atoms with Crippen LogP contribution in [0.4, 0.5) is 0 Å². The number of benzene rings is 4. The molecular weight excluding hydrogens is 664 g/mol. The summed E-state index contributed by atoms with van der Waals surface area (Å²) in [7, 11) is 15.7. The molecule has 11 heteroatoms. The number of rotatable bonds is 11. The van der Waals surface area contributed by atoms with Gasteiger partial charge in [-0.1, -0.05) is 6.07 Å². The molecule has 52 heavy (non-hydrogen) atoms. The molecule has 0 amide bonds. The molecular formula is C41H48N2O9.